The molecule has 1 unspecified atom stereocenters. The largest absolute Gasteiger partial charge is 0.481 e. The molecule has 5 nitrogen and oxygen atoms in total. The van der Waals surface area contributed by atoms with Gasteiger partial charge in [-0.25, -0.2) is 4.98 Å². The van der Waals surface area contributed by atoms with Crippen LogP contribution in [-0.4, -0.2) is 28.5 Å². The second kappa shape index (κ2) is 5.95. The molecule has 6 heteroatoms. The van der Waals surface area contributed by atoms with Crippen LogP contribution in [0.1, 0.15) is 25.8 Å². The molecule has 1 rings (SSSR count). The molecule has 0 aliphatic rings. The van der Waals surface area contributed by atoms with Crippen LogP contribution in [0.2, 0.25) is 0 Å². The molecule has 100 valence electrons. The van der Waals surface area contributed by atoms with Crippen LogP contribution >= 0.6 is 11.3 Å². The van der Waals surface area contributed by atoms with Crippen molar-refractivity contribution in [1.29, 1.82) is 0 Å². The van der Waals surface area contributed by atoms with E-state index in [0.717, 1.165) is 5.01 Å². The second-order valence-corrected chi connectivity index (χ2v) is 6.08. The first-order valence-corrected chi connectivity index (χ1v) is 6.59. The molecule has 0 aromatic carbocycles. The molecule has 2 N–H and O–H groups in total. The number of nitrogens with one attached hydrogen (secondary N) is 1. The summed E-state index contributed by atoms with van der Waals surface area (Å²) >= 11 is 1.52. The Balaban J connectivity index is 2.50. The summed E-state index contributed by atoms with van der Waals surface area (Å²) in [6, 6.07) is 0. The Hall–Kier alpha value is -1.43. The van der Waals surface area contributed by atoms with E-state index in [0.29, 0.717) is 13.0 Å². The molecule has 0 radical (unpaired) electrons. The van der Waals surface area contributed by atoms with E-state index in [-0.39, 0.29) is 0 Å². The third kappa shape index (κ3) is 4.10. The minimum absolute atomic E-state index is 0.409. The zero-order chi connectivity index (χ0) is 13.8. The number of carboxylic acid groups (broad SMARTS) is 1. The fourth-order valence-corrected chi connectivity index (χ4v) is 2.27. The molecule has 1 aromatic heterocycles. The summed E-state index contributed by atoms with van der Waals surface area (Å²) in [7, 11) is 0. The summed E-state index contributed by atoms with van der Waals surface area (Å²) < 4.78 is 0. The smallest absolute Gasteiger partial charge is 0.316 e. The average Bonchev–Trinajstić information content (AvgIpc) is 2.67. The van der Waals surface area contributed by atoms with Crippen LogP contribution < -0.4 is 5.32 Å². The highest BCUT2D eigenvalue weighted by Crippen LogP contribution is 2.26. The molecular weight excluding hydrogens is 252 g/mol. The van der Waals surface area contributed by atoms with E-state index < -0.39 is 23.2 Å². The van der Waals surface area contributed by atoms with Crippen LogP contribution in [0.4, 0.5) is 0 Å². The van der Waals surface area contributed by atoms with Crippen LogP contribution in [0.25, 0.3) is 0 Å². The topological polar surface area (TPSA) is 79.3 Å². The molecule has 0 saturated heterocycles. The van der Waals surface area contributed by atoms with E-state index in [9.17, 15) is 9.59 Å². The number of carbonyl (C=O) groups excluding carboxylic acids is 1. The SMILES string of the molecule is CC(C)(C)C(C(=O)O)C(=O)NCCc1nccs1. The van der Waals surface area contributed by atoms with Crippen LogP contribution in [0.3, 0.4) is 0 Å². The number of aliphatic carboxylic acids is 1. The van der Waals surface area contributed by atoms with Gasteiger partial charge in [0.1, 0.15) is 5.92 Å². The maximum Gasteiger partial charge on any atom is 0.316 e. The lowest BCUT2D eigenvalue weighted by Gasteiger charge is -2.25. The molecule has 0 saturated carbocycles. The fraction of sp³-hybridized carbons (Fsp3) is 0.583. The van der Waals surface area contributed by atoms with E-state index in [2.05, 4.69) is 10.3 Å². The van der Waals surface area contributed by atoms with Crippen LogP contribution in [0.15, 0.2) is 11.6 Å². The minimum atomic E-state index is -1.09. The molecule has 18 heavy (non-hydrogen) atoms. The third-order valence-electron chi connectivity index (χ3n) is 2.50. The Morgan fingerprint density at radius 2 is 2.17 bits per heavy atom. The lowest BCUT2D eigenvalue weighted by molar-refractivity contribution is -0.151. The molecule has 0 spiro atoms. The van der Waals surface area contributed by atoms with Crippen molar-refractivity contribution in [1.82, 2.24) is 10.3 Å². The molecule has 1 atom stereocenters. The van der Waals surface area contributed by atoms with E-state index >= 15 is 0 Å². The lowest BCUT2D eigenvalue weighted by atomic mass is 9.80. The van der Waals surface area contributed by atoms with E-state index in [1.807, 2.05) is 5.38 Å². The number of carbonyl (C=O) groups is 2. The van der Waals surface area contributed by atoms with Crippen molar-refractivity contribution in [3.63, 3.8) is 0 Å². The predicted octanol–water partition coefficient (Wildman–Crippen LogP) is 1.55. The van der Waals surface area contributed by atoms with Crippen molar-refractivity contribution in [2.24, 2.45) is 11.3 Å². The summed E-state index contributed by atoms with van der Waals surface area (Å²) in [5.74, 6) is -2.56. The number of amides is 1. The van der Waals surface area contributed by atoms with E-state index in [1.54, 1.807) is 27.0 Å². The van der Waals surface area contributed by atoms with Gasteiger partial charge >= 0.3 is 5.97 Å². The molecule has 1 amide bonds. The molecular formula is C12H18N2O3S. The van der Waals surface area contributed by atoms with Crippen molar-refractivity contribution < 1.29 is 14.7 Å². The quantitative estimate of drug-likeness (QED) is 0.796. The fourth-order valence-electron chi connectivity index (χ4n) is 1.65. The Morgan fingerprint density at radius 1 is 1.50 bits per heavy atom. The number of rotatable bonds is 5. The van der Waals surface area contributed by atoms with E-state index in [1.165, 1.54) is 11.3 Å². The Labute approximate surface area is 110 Å². The number of carboxylic acids is 1. The predicted molar refractivity (Wildman–Crippen MR) is 69.4 cm³/mol. The zero-order valence-electron chi connectivity index (χ0n) is 10.8. The van der Waals surface area contributed by atoms with Gasteiger partial charge in [0, 0.05) is 24.5 Å². The van der Waals surface area contributed by atoms with Gasteiger partial charge in [-0.15, -0.1) is 11.3 Å². The summed E-state index contributed by atoms with van der Waals surface area (Å²) in [6.07, 6.45) is 2.33. The number of aromatic nitrogens is 1. The first-order valence-electron chi connectivity index (χ1n) is 5.71. The lowest BCUT2D eigenvalue weighted by Crippen LogP contribution is -2.43. The average molecular weight is 270 g/mol. The van der Waals surface area contributed by atoms with Crippen LogP contribution in [0, 0.1) is 11.3 Å². The Kier molecular flexibility index (Phi) is 4.84. The number of thiazole rings is 1. The Bertz CT molecular complexity index is 409. The van der Waals surface area contributed by atoms with Gasteiger partial charge in [-0.3, -0.25) is 9.59 Å². The van der Waals surface area contributed by atoms with Crippen molar-refractivity contribution in [3.05, 3.63) is 16.6 Å². The van der Waals surface area contributed by atoms with Crippen molar-refractivity contribution in [3.8, 4) is 0 Å². The normalized spacial score (nSPS) is 13.1. The van der Waals surface area contributed by atoms with E-state index in [4.69, 9.17) is 5.11 Å². The van der Waals surface area contributed by atoms with Gasteiger partial charge in [0.15, 0.2) is 0 Å². The van der Waals surface area contributed by atoms with Gasteiger partial charge in [0.05, 0.1) is 5.01 Å². The van der Waals surface area contributed by atoms with Gasteiger partial charge in [-0.2, -0.15) is 0 Å². The summed E-state index contributed by atoms with van der Waals surface area (Å²) in [5, 5.41) is 14.5. The number of hydrogen-bond acceptors (Lipinski definition) is 4. The first-order chi connectivity index (χ1) is 8.32. The van der Waals surface area contributed by atoms with Crippen molar-refractivity contribution in [2.45, 2.75) is 27.2 Å². The summed E-state index contributed by atoms with van der Waals surface area (Å²) in [6.45, 7) is 5.64. The second-order valence-electron chi connectivity index (χ2n) is 5.10. The van der Waals surface area contributed by atoms with Crippen LogP contribution in [-0.2, 0) is 16.0 Å². The van der Waals surface area contributed by atoms with Gasteiger partial charge in [-0.05, 0) is 5.41 Å². The number of hydrogen-bond donors (Lipinski definition) is 2. The highest BCUT2D eigenvalue weighted by Gasteiger charge is 2.37. The molecule has 1 aromatic rings. The molecule has 1 heterocycles. The summed E-state index contributed by atoms with van der Waals surface area (Å²) in [4.78, 5) is 27.1. The standard InChI is InChI=1S/C12H18N2O3S/c1-12(2,3)9(11(16)17)10(15)14-5-4-8-13-6-7-18-8/h6-7,9H,4-5H2,1-3H3,(H,14,15)(H,16,17). The zero-order valence-corrected chi connectivity index (χ0v) is 11.6. The molecule has 0 bridgehead atoms. The maximum absolute atomic E-state index is 11.9. The summed E-state index contributed by atoms with van der Waals surface area (Å²) in [5.41, 5.74) is -0.600. The van der Waals surface area contributed by atoms with Gasteiger partial charge in [0.25, 0.3) is 0 Å². The first kappa shape index (κ1) is 14.6. The highest BCUT2D eigenvalue weighted by atomic mass is 32.1. The van der Waals surface area contributed by atoms with Gasteiger partial charge in [0.2, 0.25) is 5.91 Å². The van der Waals surface area contributed by atoms with Gasteiger partial charge < -0.3 is 10.4 Å². The minimum Gasteiger partial charge on any atom is -0.481 e. The van der Waals surface area contributed by atoms with Crippen LogP contribution in [0.5, 0.6) is 0 Å². The number of nitrogens with zero attached hydrogens (tertiary/aromatic N) is 1. The molecule has 0 aliphatic carbocycles. The highest BCUT2D eigenvalue weighted by molar-refractivity contribution is 7.09. The van der Waals surface area contributed by atoms with Crippen molar-refractivity contribution >= 4 is 23.2 Å². The maximum atomic E-state index is 11.9. The third-order valence-corrected chi connectivity index (χ3v) is 3.34. The van der Waals surface area contributed by atoms with Crippen molar-refractivity contribution in [2.75, 3.05) is 6.54 Å². The monoisotopic (exact) mass is 270 g/mol. The molecule has 0 fully saturated rings. The van der Waals surface area contributed by atoms with Gasteiger partial charge in [-0.1, -0.05) is 20.8 Å². The Morgan fingerprint density at radius 3 is 2.61 bits per heavy atom. The molecule has 0 aliphatic heterocycles.